The Balaban J connectivity index is 1.17. The molecule has 1 aromatic carbocycles. The maximum atomic E-state index is 12.5. The minimum absolute atomic E-state index is 0.0959. The highest BCUT2D eigenvalue weighted by molar-refractivity contribution is 5.96. The predicted octanol–water partition coefficient (Wildman–Crippen LogP) is 0.956. The lowest BCUT2D eigenvalue weighted by Crippen LogP contribution is -2.51. The van der Waals surface area contributed by atoms with Crippen LogP contribution in [0.4, 0.5) is 11.6 Å². The molecule has 10 nitrogen and oxygen atoms in total. The Hall–Kier alpha value is -3.11. The quantitative estimate of drug-likeness (QED) is 0.652. The Bertz CT molecular complexity index is 1080. The van der Waals surface area contributed by atoms with E-state index in [1.807, 2.05) is 19.2 Å². The molecule has 2 aliphatic heterocycles. The minimum atomic E-state index is 0.0959. The van der Waals surface area contributed by atoms with Gasteiger partial charge >= 0.3 is 0 Å². The number of hydrogen-bond acceptors (Lipinski definition) is 8. The Morgan fingerprint density at radius 1 is 1.11 bits per heavy atom. The Kier molecular flexibility index (Phi) is 6.92. The molecule has 3 N–H and O–H groups in total. The average molecular weight is 479 g/mol. The fraction of sp³-hybridized carbons (Fsp3) is 0.560. The third-order valence-electron chi connectivity index (χ3n) is 7.43. The lowest BCUT2D eigenvalue weighted by atomic mass is 9.92. The summed E-state index contributed by atoms with van der Waals surface area (Å²) in [5, 5.41) is 11.7. The summed E-state index contributed by atoms with van der Waals surface area (Å²) in [6.07, 6.45) is 6.86. The van der Waals surface area contributed by atoms with E-state index in [2.05, 4.69) is 31.4 Å². The predicted molar refractivity (Wildman–Crippen MR) is 134 cm³/mol. The average Bonchev–Trinajstić information content (AvgIpc) is 2.88. The third kappa shape index (κ3) is 5.43. The summed E-state index contributed by atoms with van der Waals surface area (Å²) in [6, 6.07) is 6.61. The van der Waals surface area contributed by atoms with Crippen LogP contribution < -0.4 is 20.9 Å². The van der Waals surface area contributed by atoms with Gasteiger partial charge in [0.1, 0.15) is 0 Å². The number of piperazine rings is 1. The van der Waals surface area contributed by atoms with Gasteiger partial charge in [0, 0.05) is 63.0 Å². The van der Waals surface area contributed by atoms with Crippen molar-refractivity contribution in [1.82, 2.24) is 25.4 Å². The molecule has 0 atom stereocenters. The van der Waals surface area contributed by atoms with Crippen LogP contribution in [0.2, 0.25) is 0 Å². The highest BCUT2D eigenvalue weighted by Crippen LogP contribution is 2.31. The highest BCUT2D eigenvalue weighted by atomic mass is 16.2. The van der Waals surface area contributed by atoms with Crippen molar-refractivity contribution >= 4 is 23.5 Å². The van der Waals surface area contributed by atoms with Crippen LogP contribution in [0.1, 0.15) is 37.7 Å². The van der Waals surface area contributed by atoms with E-state index in [1.54, 1.807) is 11.1 Å². The van der Waals surface area contributed by atoms with Crippen LogP contribution in [-0.2, 0) is 16.0 Å². The number of nitrogens with two attached hydrogens (primary N) is 1. The Labute approximate surface area is 205 Å². The topological polar surface area (TPSA) is 121 Å². The number of anilines is 2. The van der Waals surface area contributed by atoms with Crippen LogP contribution >= 0.6 is 0 Å². The maximum absolute atomic E-state index is 12.5. The standard InChI is InChI=1S/C25H34N8O2/c1-31-22-8-2-17(14-18(22)3-9-24(31)35)21-15-27-30-25(29-21)33-12-10-32(11-13-33)16-23(34)28-20-6-4-19(26)5-7-20/h2,8,14-15,19-20H,3-7,9-13,16,26H2,1H3,(H,28,34). The van der Waals surface area contributed by atoms with Crippen LogP contribution in [0.5, 0.6) is 0 Å². The molecule has 2 fully saturated rings. The first-order valence-electron chi connectivity index (χ1n) is 12.6. The van der Waals surface area contributed by atoms with Crippen molar-refractivity contribution in [1.29, 1.82) is 0 Å². The van der Waals surface area contributed by atoms with Gasteiger partial charge in [-0.1, -0.05) is 6.07 Å². The molecule has 0 unspecified atom stereocenters. The molecule has 0 spiro atoms. The number of fused-ring (bicyclic) bond motifs is 1. The van der Waals surface area contributed by atoms with Crippen molar-refractivity contribution in [3.8, 4) is 11.3 Å². The van der Waals surface area contributed by atoms with E-state index in [9.17, 15) is 9.59 Å². The van der Waals surface area contributed by atoms with E-state index in [4.69, 9.17) is 10.7 Å². The van der Waals surface area contributed by atoms with E-state index < -0.39 is 0 Å². The first-order chi connectivity index (χ1) is 17.0. The molecule has 1 saturated heterocycles. The zero-order chi connectivity index (χ0) is 24.4. The molecule has 10 heteroatoms. The van der Waals surface area contributed by atoms with Crippen LogP contribution in [0.15, 0.2) is 24.4 Å². The highest BCUT2D eigenvalue weighted by Gasteiger charge is 2.25. The number of carbonyl (C=O) groups is 2. The first kappa shape index (κ1) is 23.6. The second-order valence-electron chi connectivity index (χ2n) is 9.88. The summed E-state index contributed by atoms with van der Waals surface area (Å²) in [7, 11) is 1.82. The lowest BCUT2D eigenvalue weighted by molar-refractivity contribution is -0.123. The van der Waals surface area contributed by atoms with Crippen LogP contribution in [-0.4, -0.2) is 83.8 Å². The molecule has 0 radical (unpaired) electrons. The fourth-order valence-corrected chi connectivity index (χ4v) is 5.23. The number of nitrogens with one attached hydrogen (secondary N) is 1. The summed E-state index contributed by atoms with van der Waals surface area (Å²) in [4.78, 5) is 35.3. The molecule has 186 valence electrons. The maximum Gasteiger partial charge on any atom is 0.245 e. The molecular weight excluding hydrogens is 444 g/mol. The van der Waals surface area contributed by atoms with Gasteiger partial charge in [-0.3, -0.25) is 14.5 Å². The van der Waals surface area contributed by atoms with Gasteiger partial charge < -0.3 is 20.9 Å². The summed E-state index contributed by atoms with van der Waals surface area (Å²) in [6.45, 7) is 3.45. The van der Waals surface area contributed by atoms with Crippen LogP contribution in [0, 0.1) is 0 Å². The number of aryl methyl sites for hydroxylation is 1. The van der Waals surface area contributed by atoms with E-state index >= 15 is 0 Å². The number of hydrogen-bond donors (Lipinski definition) is 2. The van der Waals surface area contributed by atoms with Gasteiger partial charge in [-0.2, -0.15) is 5.10 Å². The molecule has 2 aromatic rings. The van der Waals surface area contributed by atoms with Gasteiger partial charge in [0.25, 0.3) is 0 Å². The Morgan fingerprint density at radius 3 is 2.66 bits per heavy atom. The van der Waals surface area contributed by atoms with Crippen molar-refractivity contribution in [2.45, 2.75) is 50.6 Å². The summed E-state index contributed by atoms with van der Waals surface area (Å²) < 4.78 is 0. The summed E-state index contributed by atoms with van der Waals surface area (Å²) in [5.74, 6) is 0.848. The summed E-state index contributed by atoms with van der Waals surface area (Å²) >= 11 is 0. The molecule has 5 rings (SSSR count). The van der Waals surface area contributed by atoms with Crippen molar-refractivity contribution < 1.29 is 9.59 Å². The lowest BCUT2D eigenvalue weighted by Gasteiger charge is -2.34. The second-order valence-corrected chi connectivity index (χ2v) is 9.88. The molecular formula is C25H34N8O2. The molecule has 3 aliphatic rings. The number of nitrogens with zero attached hydrogens (tertiary/aromatic N) is 6. The smallest absolute Gasteiger partial charge is 0.245 e. The molecule has 35 heavy (non-hydrogen) atoms. The Morgan fingerprint density at radius 2 is 1.89 bits per heavy atom. The van der Waals surface area contributed by atoms with E-state index in [-0.39, 0.29) is 23.9 Å². The number of aromatic nitrogens is 3. The van der Waals surface area contributed by atoms with Gasteiger partial charge in [0.05, 0.1) is 18.4 Å². The summed E-state index contributed by atoms with van der Waals surface area (Å²) in [5.41, 5.74) is 9.81. The van der Waals surface area contributed by atoms with E-state index in [1.165, 1.54) is 0 Å². The zero-order valence-electron chi connectivity index (χ0n) is 20.3. The second kappa shape index (κ2) is 10.2. The zero-order valence-corrected chi connectivity index (χ0v) is 20.3. The monoisotopic (exact) mass is 478 g/mol. The third-order valence-corrected chi connectivity index (χ3v) is 7.43. The van der Waals surface area contributed by atoms with E-state index in [0.29, 0.717) is 18.9 Å². The van der Waals surface area contributed by atoms with Crippen molar-refractivity contribution in [2.75, 3.05) is 49.6 Å². The first-order valence-corrected chi connectivity index (χ1v) is 12.6. The normalized spacial score (nSPS) is 23.2. The number of rotatable bonds is 5. The number of carbonyl (C=O) groups excluding carboxylic acids is 2. The molecule has 3 heterocycles. The minimum Gasteiger partial charge on any atom is -0.352 e. The van der Waals surface area contributed by atoms with Crippen molar-refractivity contribution in [2.24, 2.45) is 5.73 Å². The van der Waals surface area contributed by atoms with Gasteiger partial charge in [0.15, 0.2) is 0 Å². The SMILES string of the molecule is CN1C(=O)CCc2cc(-c3cnnc(N4CCN(CC(=O)NC5CCC(N)CC5)CC4)n3)ccc21. The van der Waals surface area contributed by atoms with Gasteiger partial charge in [-0.25, -0.2) is 4.98 Å². The van der Waals surface area contributed by atoms with Gasteiger partial charge in [0.2, 0.25) is 17.8 Å². The van der Waals surface area contributed by atoms with Crippen molar-refractivity contribution in [3.05, 3.63) is 30.0 Å². The van der Waals surface area contributed by atoms with Crippen LogP contribution in [0.3, 0.4) is 0 Å². The number of amides is 2. The van der Waals surface area contributed by atoms with Crippen LogP contribution in [0.25, 0.3) is 11.3 Å². The largest absolute Gasteiger partial charge is 0.352 e. The number of benzene rings is 1. The van der Waals surface area contributed by atoms with Gasteiger partial charge in [-0.15, -0.1) is 5.10 Å². The molecule has 1 aliphatic carbocycles. The fourth-order valence-electron chi connectivity index (χ4n) is 5.23. The molecule has 1 saturated carbocycles. The molecule has 0 bridgehead atoms. The molecule has 1 aromatic heterocycles. The van der Waals surface area contributed by atoms with Gasteiger partial charge in [-0.05, 0) is 49.8 Å². The van der Waals surface area contributed by atoms with Crippen molar-refractivity contribution in [3.63, 3.8) is 0 Å². The van der Waals surface area contributed by atoms with E-state index in [0.717, 1.165) is 80.8 Å². The molecule has 2 amide bonds.